The lowest BCUT2D eigenvalue weighted by atomic mass is 10.00. The number of fused-ring (bicyclic) bond motifs is 1. The first-order valence-corrected chi connectivity index (χ1v) is 9.59. The second-order valence-corrected chi connectivity index (χ2v) is 7.02. The van der Waals surface area contributed by atoms with E-state index < -0.39 is 0 Å². The highest BCUT2D eigenvalue weighted by Crippen LogP contribution is 2.33. The number of aromatic nitrogens is 2. The molecule has 0 radical (unpaired) electrons. The molecule has 1 aliphatic rings. The van der Waals surface area contributed by atoms with Crippen molar-refractivity contribution in [1.29, 1.82) is 0 Å². The normalized spacial score (nSPS) is 14.9. The molecule has 146 valence electrons. The third-order valence-corrected chi connectivity index (χ3v) is 4.70. The lowest BCUT2D eigenvalue weighted by Gasteiger charge is -2.23. The summed E-state index contributed by atoms with van der Waals surface area (Å²) in [4.78, 5) is 10.8. The van der Waals surface area contributed by atoms with Crippen molar-refractivity contribution in [3.8, 4) is 16.9 Å². The second kappa shape index (κ2) is 8.54. The molecular weight excluding hydrogens is 354 g/mol. The standard InChI is InChI=1S/C22H25N3O3/c1-25(2)22-23-14-17(15-24-22)20-13-18(12-16-6-3-4-7-19(16)20)26-11-8-21-27-9-5-10-28-21/h3-4,6-7,12-15,21H,5,8-11H2,1-2H3. The molecule has 1 aromatic heterocycles. The number of anilines is 1. The molecule has 0 spiro atoms. The monoisotopic (exact) mass is 379 g/mol. The van der Waals surface area contributed by atoms with E-state index in [4.69, 9.17) is 14.2 Å². The van der Waals surface area contributed by atoms with Gasteiger partial charge in [0, 0.05) is 38.5 Å². The van der Waals surface area contributed by atoms with E-state index in [1.165, 1.54) is 0 Å². The molecule has 3 aromatic rings. The van der Waals surface area contributed by atoms with E-state index >= 15 is 0 Å². The Hall–Kier alpha value is -2.70. The highest BCUT2D eigenvalue weighted by molar-refractivity contribution is 5.97. The first-order valence-electron chi connectivity index (χ1n) is 9.59. The van der Waals surface area contributed by atoms with Crippen molar-refractivity contribution < 1.29 is 14.2 Å². The molecular formula is C22H25N3O3. The number of ether oxygens (including phenoxy) is 3. The van der Waals surface area contributed by atoms with Gasteiger partial charge in [-0.25, -0.2) is 9.97 Å². The zero-order valence-electron chi connectivity index (χ0n) is 16.3. The second-order valence-electron chi connectivity index (χ2n) is 7.02. The molecule has 0 atom stereocenters. The Morgan fingerprint density at radius 3 is 2.57 bits per heavy atom. The molecule has 0 saturated carbocycles. The molecule has 0 bridgehead atoms. The van der Waals surface area contributed by atoms with Gasteiger partial charge >= 0.3 is 0 Å². The van der Waals surface area contributed by atoms with E-state index in [1.54, 1.807) is 0 Å². The van der Waals surface area contributed by atoms with Gasteiger partial charge in [0.2, 0.25) is 5.95 Å². The topological polar surface area (TPSA) is 56.7 Å². The molecule has 6 heteroatoms. The van der Waals surface area contributed by atoms with Crippen molar-refractivity contribution in [2.24, 2.45) is 0 Å². The Morgan fingerprint density at radius 1 is 1.07 bits per heavy atom. The van der Waals surface area contributed by atoms with E-state index in [1.807, 2.05) is 43.5 Å². The van der Waals surface area contributed by atoms with Crippen molar-refractivity contribution in [1.82, 2.24) is 9.97 Å². The molecule has 1 fully saturated rings. The smallest absolute Gasteiger partial charge is 0.224 e. The molecule has 0 amide bonds. The maximum absolute atomic E-state index is 6.03. The molecule has 2 aromatic carbocycles. The van der Waals surface area contributed by atoms with Gasteiger partial charge in [-0.3, -0.25) is 0 Å². The van der Waals surface area contributed by atoms with Crippen molar-refractivity contribution in [2.75, 3.05) is 38.8 Å². The predicted molar refractivity (Wildman–Crippen MR) is 110 cm³/mol. The van der Waals surface area contributed by atoms with Gasteiger partial charge in [0.05, 0.1) is 19.8 Å². The molecule has 2 heterocycles. The first kappa shape index (κ1) is 18.7. The van der Waals surface area contributed by atoms with Crippen LogP contribution in [0, 0.1) is 0 Å². The van der Waals surface area contributed by atoms with Gasteiger partial charge in [-0.2, -0.15) is 0 Å². The summed E-state index contributed by atoms with van der Waals surface area (Å²) in [5, 5.41) is 2.27. The molecule has 0 aliphatic carbocycles. The van der Waals surface area contributed by atoms with Crippen LogP contribution in [0.15, 0.2) is 48.8 Å². The van der Waals surface area contributed by atoms with E-state index in [-0.39, 0.29) is 6.29 Å². The van der Waals surface area contributed by atoms with Gasteiger partial charge in [0.25, 0.3) is 0 Å². The Bertz CT molecular complexity index is 922. The summed E-state index contributed by atoms with van der Waals surface area (Å²) in [5.41, 5.74) is 2.02. The molecule has 0 unspecified atom stereocenters. The van der Waals surface area contributed by atoms with Gasteiger partial charge in [0.15, 0.2) is 6.29 Å². The zero-order chi connectivity index (χ0) is 19.3. The summed E-state index contributed by atoms with van der Waals surface area (Å²) in [6.07, 6.45) is 5.22. The van der Waals surface area contributed by atoms with Gasteiger partial charge in [-0.05, 0) is 34.9 Å². The van der Waals surface area contributed by atoms with Crippen LogP contribution in [0.25, 0.3) is 21.9 Å². The Kier molecular flexibility index (Phi) is 5.69. The third-order valence-electron chi connectivity index (χ3n) is 4.70. The highest BCUT2D eigenvalue weighted by Gasteiger charge is 2.14. The van der Waals surface area contributed by atoms with Crippen LogP contribution in [-0.2, 0) is 9.47 Å². The minimum absolute atomic E-state index is 0.166. The van der Waals surface area contributed by atoms with Gasteiger partial charge in [0.1, 0.15) is 5.75 Å². The number of hydrogen-bond donors (Lipinski definition) is 0. The summed E-state index contributed by atoms with van der Waals surface area (Å²) in [5.74, 6) is 1.51. The van der Waals surface area contributed by atoms with Crippen molar-refractivity contribution in [3.63, 3.8) is 0 Å². The van der Waals surface area contributed by atoms with Gasteiger partial charge in [-0.15, -0.1) is 0 Å². The van der Waals surface area contributed by atoms with Crippen molar-refractivity contribution in [3.05, 3.63) is 48.8 Å². The average molecular weight is 379 g/mol. The minimum Gasteiger partial charge on any atom is -0.493 e. The lowest BCUT2D eigenvalue weighted by molar-refractivity contribution is -0.183. The molecule has 6 nitrogen and oxygen atoms in total. The van der Waals surface area contributed by atoms with Crippen LogP contribution in [0.4, 0.5) is 5.95 Å². The van der Waals surface area contributed by atoms with E-state index in [0.29, 0.717) is 19.0 Å². The van der Waals surface area contributed by atoms with Crippen LogP contribution in [-0.4, -0.2) is 50.2 Å². The molecule has 4 rings (SSSR count). The molecule has 1 saturated heterocycles. The van der Waals surface area contributed by atoms with Crippen LogP contribution in [0.1, 0.15) is 12.8 Å². The number of hydrogen-bond acceptors (Lipinski definition) is 6. The summed E-state index contributed by atoms with van der Waals surface area (Å²) in [6.45, 7) is 2.06. The third kappa shape index (κ3) is 4.24. The van der Waals surface area contributed by atoms with Crippen LogP contribution in [0.3, 0.4) is 0 Å². The summed E-state index contributed by atoms with van der Waals surface area (Å²) < 4.78 is 17.2. The largest absolute Gasteiger partial charge is 0.493 e. The quantitative estimate of drug-likeness (QED) is 0.648. The number of nitrogens with zero attached hydrogens (tertiary/aromatic N) is 3. The fourth-order valence-electron chi connectivity index (χ4n) is 3.27. The Morgan fingerprint density at radius 2 is 1.82 bits per heavy atom. The van der Waals surface area contributed by atoms with Gasteiger partial charge < -0.3 is 19.1 Å². The van der Waals surface area contributed by atoms with E-state index in [9.17, 15) is 0 Å². The minimum atomic E-state index is -0.166. The van der Waals surface area contributed by atoms with E-state index in [0.717, 1.165) is 47.3 Å². The molecule has 0 N–H and O–H groups in total. The van der Waals surface area contributed by atoms with Crippen molar-refractivity contribution in [2.45, 2.75) is 19.1 Å². The number of rotatable bonds is 6. The van der Waals surface area contributed by atoms with Crippen molar-refractivity contribution >= 4 is 16.7 Å². The fourth-order valence-corrected chi connectivity index (χ4v) is 3.27. The maximum Gasteiger partial charge on any atom is 0.224 e. The SMILES string of the molecule is CN(C)c1ncc(-c2cc(OCCC3OCCCO3)cc3ccccc23)cn1. The highest BCUT2D eigenvalue weighted by atomic mass is 16.7. The Balaban J connectivity index is 1.58. The van der Waals surface area contributed by atoms with Gasteiger partial charge in [-0.1, -0.05) is 24.3 Å². The predicted octanol–water partition coefficient (Wildman–Crippen LogP) is 3.89. The Labute approximate surface area is 165 Å². The van der Waals surface area contributed by atoms with Crippen LogP contribution < -0.4 is 9.64 Å². The maximum atomic E-state index is 6.03. The molecule has 1 aliphatic heterocycles. The zero-order valence-corrected chi connectivity index (χ0v) is 16.3. The van der Waals surface area contributed by atoms with E-state index in [2.05, 4.69) is 34.2 Å². The number of benzene rings is 2. The lowest BCUT2D eigenvalue weighted by Crippen LogP contribution is -2.26. The summed E-state index contributed by atoms with van der Waals surface area (Å²) >= 11 is 0. The van der Waals surface area contributed by atoms with Crippen LogP contribution >= 0.6 is 0 Å². The summed E-state index contributed by atoms with van der Waals surface area (Å²) in [7, 11) is 3.86. The first-order chi connectivity index (χ1) is 13.7. The molecule has 28 heavy (non-hydrogen) atoms. The summed E-state index contributed by atoms with van der Waals surface area (Å²) in [6, 6.07) is 12.4. The fraction of sp³-hybridized carbons (Fsp3) is 0.364. The van der Waals surface area contributed by atoms with Crippen LogP contribution in [0.5, 0.6) is 5.75 Å². The average Bonchev–Trinajstić information content (AvgIpc) is 2.74. The van der Waals surface area contributed by atoms with Crippen LogP contribution in [0.2, 0.25) is 0 Å².